The van der Waals surface area contributed by atoms with E-state index in [0.29, 0.717) is 12.1 Å². The third kappa shape index (κ3) is 3.94. The zero-order chi connectivity index (χ0) is 20.3. The Morgan fingerprint density at radius 3 is 2.41 bits per heavy atom. The minimum atomic E-state index is -0.621. The molecule has 0 radical (unpaired) electrons. The van der Waals surface area contributed by atoms with E-state index in [1.807, 2.05) is 53.5 Å². The SMILES string of the molecule is Cc1ccc(C#C[C@]2(C)c3ccccc3CCN2NC(=O)c2ccccc2)cc1. The lowest BCUT2D eigenvalue weighted by atomic mass is 9.83. The molecule has 3 aromatic carbocycles. The number of benzene rings is 3. The van der Waals surface area contributed by atoms with Gasteiger partial charge in [-0.05, 0) is 55.7 Å². The van der Waals surface area contributed by atoms with Crippen molar-refractivity contribution in [3.63, 3.8) is 0 Å². The van der Waals surface area contributed by atoms with Crippen LogP contribution in [-0.4, -0.2) is 17.5 Å². The molecule has 0 unspecified atom stereocenters. The molecular formula is C26H24N2O. The molecule has 3 aromatic rings. The van der Waals surface area contributed by atoms with Crippen LogP contribution < -0.4 is 5.43 Å². The highest BCUT2D eigenvalue weighted by molar-refractivity contribution is 5.93. The van der Waals surface area contributed by atoms with Crippen LogP contribution in [0.15, 0.2) is 78.9 Å². The van der Waals surface area contributed by atoms with Gasteiger partial charge in [0.1, 0.15) is 5.54 Å². The number of hydrogen-bond acceptors (Lipinski definition) is 2. The largest absolute Gasteiger partial charge is 0.283 e. The van der Waals surface area contributed by atoms with Gasteiger partial charge in [-0.25, -0.2) is 0 Å². The quantitative estimate of drug-likeness (QED) is 0.666. The molecule has 0 saturated carbocycles. The van der Waals surface area contributed by atoms with Crippen molar-refractivity contribution in [2.45, 2.75) is 25.8 Å². The summed E-state index contributed by atoms with van der Waals surface area (Å²) in [6, 6.07) is 25.9. The number of rotatable bonds is 2. The highest BCUT2D eigenvalue weighted by Gasteiger charge is 2.38. The van der Waals surface area contributed by atoms with E-state index in [1.54, 1.807) is 0 Å². The topological polar surface area (TPSA) is 32.3 Å². The first-order valence-electron chi connectivity index (χ1n) is 9.88. The Hall–Kier alpha value is -3.35. The van der Waals surface area contributed by atoms with Crippen molar-refractivity contribution in [2.24, 2.45) is 0 Å². The number of aryl methyl sites for hydroxylation is 1. The molecule has 0 spiro atoms. The smallest absolute Gasteiger partial charge is 0.265 e. The van der Waals surface area contributed by atoms with E-state index < -0.39 is 5.54 Å². The maximum absolute atomic E-state index is 12.8. The molecule has 0 fully saturated rings. The Bertz CT molecular complexity index is 1080. The van der Waals surface area contributed by atoms with Gasteiger partial charge in [-0.1, -0.05) is 72.0 Å². The summed E-state index contributed by atoms with van der Waals surface area (Å²) >= 11 is 0. The first-order chi connectivity index (χ1) is 14.1. The fraction of sp³-hybridized carbons (Fsp3) is 0.192. The molecule has 29 heavy (non-hydrogen) atoms. The summed E-state index contributed by atoms with van der Waals surface area (Å²) in [5.74, 6) is 6.66. The minimum Gasteiger partial charge on any atom is -0.283 e. The molecule has 1 heterocycles. The van der Waals surface area contributed by atoms with Gasteiger partial charge in [0.15, 0.2) is 0 Å². The van der Waals surface area contributed by atoms with Gasteiger partial charge in [0.05, 0.1) is 0 Å². The van der Waals surface area contributed by atoms with E-state index in [-0.39, 0.29) is 5.91 Å². The Morgan fingerprint density at radius 1 is 0.966 bits per heavy atom. The van der Waals surface area contributed by atoms with Gasteiger partial charge in [0.2, 0.25) is 0 Å². The molecule has 144 valence electrons. The third-order valence-electron chi connectivity index (χ3n) is 5.46. The zero-order valence-corrected chi connectivity index (χ0v) is 16.8. The summed E-state index contributed by atoms with van der Waals surface area (Å²) in [5, 5.41) is 1.98. The van der Waals surface area contributed by atoms with Crippen molar-refractivity contribution in [1.29, 1.82) is 0 Å². The summed E-state index contributed by atoms with van der Waals surface area (Å²) in [7, 11) is 0. The van der Waals surface area contributed by atoms with Crippen molar-refractivity contribution in [1.82, 2.24) is 10.4 Å². The maximum atomic E-state index is 12.8. The van der Waals surface area contributed by atoms with Crippen molar-refractivity contribution in [2.75, 3.05) is 6.54 Å². The summed E-state index contributed by atoms with van der Waals surface area (Å²) in [5.41, 5.74) is 7.71. The van der Waals surface area contributed by atoms with Gasteiger partial charge in [-0.3, -0.25) is 10.2 Å². The predicted octanol–water partition coefficient (Wildman–Crippen LogP) is 4.47. The van der Waals surface area contributed by atoms with E-state index in [4.69, 9.17) is 0 Å². The Labute approximate surface area is 172 Å². The number of carbonyl (C=O) groups is 1. The van der Waals surface area contributed by atoms with Gasteiger partial charge in [-0.15, -0.1) is 0 Å². The summed E-state index contributed by atoms with van der Waals surface area (Å²) in [6.45, 7) is 4.85. The Morgan fingerprint density at radius 2 is 1.66 bits per heavy atom. The molecule has 0 aromatic heterocycles. The van der Waals surface area contributed by atoms with Crippen LogP contribution in [0.2, 0.25) is 0 Å². The number of amides is 1. The van der Waals surface area contributed by atoms with Crippen LogP contribution in [0.3, 0.4) is 0 Å². The van der Waals surface area contributed by atoms with E-state index in [0.717, 1.165) is 17.5 Å². The molecule has 0 bridgehead atoms. The van der Waals surface area contributed by atoms with Gasteiger partial charge in [-0.2, -0.15) is 5.01 Å². The highest BCUT2D eigenvalue weighted by atomic mass is 16.2. The molecule has 1 aliphatic heterocycles. The van der Waals surface area contributed by atoms with Crippen LogP contribution in [0, 0.1) is 18.8 Å². The van der Waals surface area contributed by atoms with Crippen LogP contribution in [-0.2, 0) is 12.0 Å². The Kier molecular flexibility index (Phi) is 5.20. The van der Waals surface area contributed by atoms with Crippen LogP contribution in [0.4, 0.5) is 0 Å². The lowest BCUT2D eigenvalue weighted by Gasteiger charge is -2.42. The average molecular weight is 380 g/mol. The molecular weight excluding hydrogens is 356 g/mol. The summed E-state index contributed by atoms with van der Waals surface area (Å²) < 4.78 is 0. The summed E-state index contributed by atoms with van der Waals surface area (Å²) in [4.78, 5) is 12.8. The minimum absolute atomic E-state index is 0.117. The molecule has 0 aliphatic carbocycles. The molecule has 1 aliphatic rings. The predicted molar refractivity (Wildman–Crippen MR) is 116 cm³/mol. The molecule has 3 nitrogen and oxygen atoms in total. The second-order valence-electron chi connectivity index (χ2n) is 7.55. The number of hydrogen-bond donors (Lipinski definition) is 1. The van der Waals surface area contributed by atoms with E-state index in [2.05, 4.69) is 61.4 Å². The second kappa shape index (κ2) is 7.95. The average Bonchev–Trinajstić information content (AvgIpc) is 2.76. The molecule has 0 saturated heterocycles. The van der Waals surface area contributed by atoms with Crippen molar-refractivity contribution in [3.05, 3.63) is 107 Å². The highest BCUT2D eigenvalue weighted by Crippen LogP contribution is 2.34. The number of carbonyl (C=O) groups excluding carboxylic acids is 1. The van der Waals surface area contributed by atoms with Crippen LogP contribution in [0.1, 0.15) is 39.5 Å². The maximum Gasteiger partial charge on any atom is 0.265 e. The normalized spacial score (nSPS) is 18.3. The van der Waals surface area contributed by atoms with E-state index in [9.17, 15) is 4.79 Å². The van der Waals surface area contributed by atoms with Gasteiger partial charge < -0.3 is 0 Å². The lowest BCUT2D eigenvalue weighted by molar-refractivity contribution is 0.0522. The van der Waals surface area contributed by atoms with Crippen molar-refractivity contribution < 1.29 is 4.79 Å². The lowest BCUT2D eigenvalue weighted by Crippen LogP contribution is -2.56. The van der Waals surface area contributed by atoms with Crippen LogP contribution >= 0.6 is 0 Å². The fourth-order valence-electron chi connectivity index (χ4n) is 3.72. The number of nitrogens with one attached hydrogen (secondary N) is 1. The standard InChI is InChI=1S/C26H24N2O/c1-20-12-14-21(15-13-20)16-18-26(2)24-11-7-6-8-22(24)17-19-28(26)27-25(29)23-9-4-3-5-10-23/h3-15H,17,19H2,1-2H3,(H,27,29)/t26-/m1/s1. The van der Waals surface area contributed by atoms with Crippen LogP contribution in [0.5, 0.6) is 0 Å². The molecule has 1 atom stereocenters. The molecule has 1 amide bonds. The monoisotopic (exact) mass is 380 g/mol. The number of nitrogens with zero attached hydrogens (tertiary/aromatic N) is 1. The van der Waals surface area contributed by atoms with Crippen molar-refractivity contribution >= 4 is 5.91 Å². The summed E-state index contributed by atoms with van der Waals surface area (Å²) in [6.07, 6.45) is 0.868. The zero-order valence-electron chi connectivity index (χ0n) is 16.8. The Balaban J connectivity index is 1.71. The van der Waals surface area contributed by atoms with Crippen molar-refractivity contribution in [3.8, 4) is 11.8 Å². The first kappa shape index (κ1) is 19.0. The molecule has 4 rings (SSSR count). The van der Waals surface area contributed by atoms with Crippen LogP contribution in [0.25, 0.3) is 0 Å². The van der Waals surface area contributed by atoms with Gasteiger partial charge in [0, 0.05) is 17.7 Å². The number of hydrazine groups is 1. The van der Waals surface area contributed by atoms with E-state index in [1.165, 1.54) is 11.1 Å². The first-order valence-corrected chi connectivity index (χ1v) is 9.88. The van der Waals surface area contributed by atoms with E-state index >= 15 is 0 Å². The molecule has 1 N–H and O–H groups in total. The van der Waals surface area contributed by atoms with Gasteiger partial charge in [0.25, 0.3) is 5.91 Å². The second-order valence-corrected chi connectivity index (χ2v) is 7.55. The molecule has 3 heteroatoms. The number of fused-ring (bicyclic) bond motifs is 1. The third-order valence-corrected chi connectivity index (χ3v) is 5.46. The fourth-order valence-corrected chi connectivity index (χ4v) is 3.72. The van der Waals surface area contributed by atoms with Gasteiger partial charge >= 0.3 is 0 Å².